The molecule has 1 aromatic heterocycles. The fourth-order valence-corrected chi connectivity index (χ4v) is 13.0. The minimum atomic E-state index is -1.12. The predicted molar refractivity (Wildman–Crippen MR) is 221 cm³/mol. The SMILES string of the molecule is c1ccc(Sc2sc3cc(-c4ccc5cc6cc([Si+](c7ccccc7)c7ccccc7)ccc6cc5c4)ccc3c2Sc2ccccc2)cc1. The highest BCUT2D eigenvalue weighted by Crippen LogP contribution is 2.49. The molecule has 1 heterocycles. The molecule has 0 atom stereocenters. The molecule has 0 radical (unpaired) electrons. The summed E-state index contributed by atoms with van der Waals surface area (Å²) in [4.78, 5) is 3.86. The first kappa shape index (κ1) is 31.2. The zero-order valence-corrected chi connectivity index (χ0v) is 30.6. The Morgan fingerprint density at radius 3 is 1.54 bits per heavy atom. The number of fused-ring (bicyclic) bond motifs is 3. The van der Waals surface area contributed by atoms with E-state index in [0.29, 0.717) is 0 Å². The Morgan fingerprint density at radius 1 is 0.380 bits per heavy atom. The molecule has 8 aromatic carbocycles. The van der Waals surface area contributed by atoms with E-state index in [2.05, 4.69) is 188 Å². The van der Waals surface area contributed by atoms with Crippen molar-refractivity contribution in [3.8, 4) is 11.1 Å². The molecule has 0 aliphatic heterocycles. The van der Waals surface area contributed by atoms with Crippen LogP contribution in [0.3, 0.4) is 0 Å². The smallest absolute Gasteiger partial charge is 0.127 e. The average Bonchev–Trinajstić information content (AvgIpc) is 3.50. The van der Waals surface area contributed by atoms with Crippen molar-refractivity contribution in [1.82, 2.24) is 0 Å². The van der Waals surface area contributed by atoms with Gasteiger partial charge < -0.3 is 0 Å². The average molecular weight is 708 g/mol. The monoisotopic (exact) mass is 707 g/mol. The van der Waals surface area contributed by atoms with E-state index in [1.54, 1.807) is 0 Å². The van der Waals surface area contributed by atoms with E-state index in [0.717, 1.165) is 0 Å². The molecule has 0 N–H and O–H groups in total. The molecule has 0 aliphatic rings. The van der Waals surface area contributed by atoms with Crippen molar-refractivity contribution in [1.29, 1.82) is 0 Å². The van der Waals surface area contributed by atoms with Crippen LogP contribution >= 0.6 is 34.9 Å². The maximum atomic E-state index is 2.43. The number of benzene rings is 8. The van der Waals surface area contributed by atoms with Crippen LogP contribution in [0.25, 0.3) is 42.8 Å². The van der Waals surface area contributed by atoms with Crippen LogP contribution in [-0.4, -0.2) is 8.80 Å². The molecule has 0 aliphatic carbocycles. The third-order valence-electron chi connectivity index (χ3n) is 9.07. The zero-order chi connectivity index (χ0) is 33.3. The van der Waals surface area contributed by atoms with E-state index >= 15 is 0 Å². The van der Waals surface area contributed by atoms with Gasteiger partial charge in [0.1, 0.15) is 15.6 Å². The van der Waals surface area contributed by atoms with E-state index in [1.807, 2.05) is 34.9 Å². The van der Waals surface area contributed by atoms with E-state index in [9.17, 15) is 0 Å². The molecular formula is C46H31S3Si+. The quantitative estimate of drug-likeness (QED) is 0.0876. The second kappa shape index (κ2) is 13.8. The lowest BCUT2D eigenvalue weighted by Crippen LogP contribution is -2.51. The molecule has 0 unspecified atom stereocenters. The minimum Gasteiger partial charge on any atom is -0.127 e. The molecule has 236 valence electrons. The van der Waals surface area contributed by atoms with Gasteiger partial charge in [0, 0.05) is 24.8 Å². The van der Waals surface area contributed by atoms with Crippen LogP contribution < -0.4 is 15.6 Å². The van der Waals surface area contributed by atoms with Gasteiger partial charge >= 0.3 is 8.80 Å². The summed E-state index contributed by atoms with van der Waals surface area (Å²) in [6.45, 7) is 0. The summed E-state index contributed by atoms with van der Waals surface area (Å²) in [6.07, 6.45) is 0. The molecule has 9 aromatic rings. The van der Waals surface area contributed by atoms with Crippen molar-refractivity contribution in [3.63, 3.8) is 0 Å². The molecule has 0 spiro atoms. The van der Waals surface area contributed by atoms with Crippen LogP contribution in [-0.2, 0) is 0 Å². The number of thiophene rings is 1. The molecule has 0 saturated carbocycles. The van der Waals surface area contributed by atoms with Gasteiger partial charge in [-0.25, -0.2) is 0 Å². The Hall–Kier alpha value is -4.84. The van der Waals surface area contributed by atoms with Crippen molar-refractivity contribution >= 4 is 90.8 Å². The molecule has 9 rings (SSSR count). The van der Waals surface area contributed by atoms with Crippen LogP contribution in [0.1, 0.15) is 0 Å². The lowest BCUT2D eigenvalue weighted by molar-refractivity contribution is 1.38. The van der Waals surface area contributed by atoms with E-state index in [4.69, 9.17) is 0 Å². The Balaban J connectivity index is 1.08. The first-order chi connectivity index (χ1) is 24.7. The summed E-state index contributed by atoms with van der Waals surface area (Å²) in [6, 6.07) is 69.2. The largest absolute Gasteiger partial charge is 0.428 e. The van der Waals surface area contributed by atoms with Gasteiger partial charge in [-0.2, -0.15) is 0 Å². The molecule has 0 amide bonds. The first-order valence-corrected chi connectivity index (χ1v) is 20.7. The normalized spacial score (nSPS) is 11.4. The molecule has 0 nitrogen and oxygen atoms in total. The van der Waals surface area contributed by atoms with Gasteiger partial charge in [0.15, 0.2) is 0 Å². The van der Waals surface area contributed by atoms with E-state index in [1.165, 1.54) is 77.2 Å². The third-order valence-corrected chi connectivity index (χ3v) is 15.5. The van der Waals surface area contributed by atoms with Crippen LogP contribution in [0.2, 0.25) is 0 Å². The van der Waals surface area contributed by atoms with Crippen LogP contribution in [0, 0.1) is 0 Å². The summed E-state index contributed by atoms with van der Waals surface area (Å²) in [5, 5.41) is 10.7. The maximum absolute atomic E-state index is 2.43. The Bertz CT molecular complexity index is 2540. The van der Waals surface area contributed by atoms with Gasteiger partial charge in [-0.1, -0.05) is 127 Å². The second-order valence-electron chi connectivity index (χ2n) is 12.3. The van der Waals surface area contributed by atoms with Gasteiger partial charge in [0.25, 0.3) is 0 Å². The van der Waals surface area contributed by atoms with Gasteiger partial charge in [-0.15, -0.1) is 11.3 Å². The lowest BCUT2D eigenvalue weighted by Gasteiger charge is -2.09. The maximum Gasteiger partial charge on any atom is 0.428 e. The second-order valence-corrected chi connectivity index (χ2v) is 18.3. The Labute approximate surface area is 307 Å². The summed E-state index contributed by atoms with van der Waals surface area (Å²) in [7, 11) is -1.12. The number of rotatable bonds is 8. The van der Waals surface area contributed by atoms with Gasteiger partial charge in [0.2, 0.25) is 0 Å². The van der Waals surface area contributed by atoms with Crippen molar-refractivity contribution < 1.29 is 0 Å². The predicted octanol–water partition coefficient (Wildman–Crippen LogP) is 11.7. The van der Waals surface area contributed by atoms with Crippen molar-refractivity contribution in [2.45, 2.75) is 18.9 Å². The zero-order valence-electron chi connectivity index (χ0n) is 27.1. The fraction of sp³-hybridized carbons (Fsp3) is 0. The molecular weight excluding hydrogens is 677 g/mol. The highest BCUT2D eigenvalue weighted by molar-refractivity contribution is 8.04. The summed E-state index contributed by atoms with van der Waals surface area (Å²) < 4.78 is 2.66. The topological polar surface area (TPSA) is 0 Å². The van der Waals surface area contributed by atoms with E-state index in [-0.39, 0.29) is 0 Å². The molecule has 0 saturated heterocycles. The third kappa shape index (κ3) is 6.32. The summed E-state index contributed by atoms with van der Waals surface area (Å²) >= 11 is 5.63. The molecule has 50 heavy (non-hydrogen) atoms. The summed E-state index contributed by atoms with van der Waals surface area (Å²) in [5.74, 6) is 0. The number of hydrogen-bond donors (Lipinski definition) is 0. The number of hydrogen-bond acceptors (Lipinski definition) is 3. The van der Waals surface area contributed by atoms with Gasteiger partial charge in [-0.05, 0) is 118 Å². The molecule has 0 bridgehead atoms. The first-order valence-electron chi connectivity index (χ1n) is 16.7. The van der Waals surface area contributed by atoms with Crippen LogP contribution in [0.15, 0.2) is 207 Å². The highest BCUT2D eigenvalue weighted by Gasteiger charge is 2.36. The van der Waals surface area contributed by atoms with Gasteiger partial charge in [0.05, 0.1) is 4.21 Å². The highest BCUT2D eigenvalue weighted by atomic mass is 32.2. The molecule has 4 heteroatoms. The standard InChI is InChI=1S/C46H31S3Si/c1-5-13-38(14-6-1)47-45-43-26-24-35(31-44(43)49-46(45)48-39-15-7-2-8-16-39)32-21-22-33-29-37-30-42(25-23-34(37)28-36(33)27-32)50(40-17-9-3-10-18-40)41-19-11-4-12-20-41/h1-31H/q+1. The van der Waals surface area contributed by atoms with Gasteiger partial charge in [-0.3, -0.25) is 0 Å². The fourth-order valence-electron chi connectivity index (χ4n) is 6.64. The minimum absolute atomic E-state index is 1.12. The lowest BCUT2D eigenvalue weighted by atomic mass is 9.98. The van der Waals surface area contributed by atoms with E-state index < -0.39 is 8.80 Å². The molecule has 0 fully saturated rings. The van der Waals surface area contributed by atoms with Crippen molar-refractivity contribution in [3.05, 3.63) is 188 Å². The van der Waals surface area contributed by atoms with Crippen molar-refractivity contribution in [2.75, 3.05) is 0 Å². The van der Waals surface area contributed by atoms with Crippen molar-refractivity contribution in [2.24, 2.45) is 0 Å². The Kier molecular flexibility index (Phi) is 8.61. The van der Waals surface area contributed by atoms with Crippen LogP contribution in [0.4, 0.5) is 0 Å². The summed E-state index contributed by atoms with van der Waals surface area (Å²) in [5.41, 5.74) is 2.50. The Morgan fingerprint density at radius 2 is 0.900 bits per heavy atom. The van der Waals surface area contributed by atoms with Crippen LogP contribution in [0.5, 0.6) is 0 Å².